The molecule has 1 aromatic heterocycles. The summed E-state index contributed by atoms with van der Waals surface area (Å²) < 4.78 is 2.36. The average Bonchev–Trinajstić information content (AvgIpc) is 3.10. The molecule has 0 saturated heterocycles. The van der Waals surface area contributed by atoms with Gasteiger partial charge in [-0.15, -0.1) is 0 Å². The van der Waals surface area contributed by atoms with Crippen molar-refractivity contribution in [1.29, 1.82) is 0 Å². The third-order valence-electron chi connectivity index (χ3n) is 5.30. The van der Waals surface area contributed by atoms with Crippen LogP contribution < -0.4 is 4.90 Å². The van der Waals surface area contributed by atoms with E-state index in [1.807, 2.05) is 26.6 Å². The van der Waals surface area contributed by atoms with E-state index in [0.29, 0.717) is 6.04 Å². The first-order valence-electron chi connectivity index (χ1n) is 9.49. The molecule has 1 saturated carbocycles. The van der Waals surface area contributed by atoms with E-state index < -0.39 is 0 Å². The highest BCUT2D eigenvalue weighted by molar-refractivity contribution is 5.85. The van der Waals surface area contributed by atoms with Crippen LogP contribution in [0.1, 0.15) is 43.7 Å². The van der Waals surface area contributed by atoms with E-state index in [-0.39, 0.29) is 0 Å². The fraction of sp³-hybridized carbons (Fsp3) is 0.364. The number of benzene rings is 2. The third-order valence-corrected chi connectivity index (χ3v) is 5.30. The fourth-order valence-electron chi connectivity index (χ4n) is 3.76. The normalized spacial score (nSPS) is 15.8. The Hall–Kier alpha value is -2.62. The number of fused-ring (bicyclic) bond motifs is 1. The predicted octanol–water partition coefficient (Wildman–Crippen LogP) is 5.36. The standard InChI is InChI=1S/C22H26N4/c1-25(2)19-11-8-17(9-12-19)15-23-18-10-13-22-21(14-18)24-16-26(22)20-6-4-3-5-7-20/h8-16,20H,3-7H2,1-2H3. The molecule has 1 fully saturated rings. The van der Waals surface area contributed by atoms with Gasteiger partial charge in [0.25, 0.3) is 0 Å². The van der Waals surface area contributed by atoms with Crippen LogP contribution in [-0.2, 0) is 0 Å². The zero-order chi connectivity index (χ0) is 17.9. The maximum absolute atomic E-state index is 4.64. The van der Waals surface area contributed by atoms with Crippen molar-refractivity contribution >= 4 is 28.6 Å². The summed E-state index contributed by atoms with van der Waals surface area (Å²) >= 11 is 0. The minimum absolute atomic E-state index is 0.610. The van der Waals surface area contributed by atoms with E-state index >= 15 is 0 Å². The first-order chi connectivity index (χ1) is 12.7. The Balaban J connectivity index is 1.54. The molecule has 0 unspecified atom stereocenters. The van der Waals surface area contributed by atoms with Gasteiger partial charge in [-0.2, -0.15) is 0 Å². The lowest BCUT2D eigenvalue weighted by molar-refractivity contribution is 0.359. The largest absolute Gasteiger partial charge is 0.378 e. The molecule has 1 heterocycles. The van der Waals surface area contributed by atoms with Crippen LogP contribution in [0.3, 0.4) is 0 Å². The molecule has 26 heavy (non-hydrogen) atoms. The summed E-state index contributed by atoms with van der Waals surface area (Å²) in [5.41, 5.74) is 5.50. The lowest BCUT2D eigenvalue weighted by Gasteiger charge is -2.23. The Kier molecular flexibility index (Phi) is 4.74. The summed E-state index contributed by atoms with van der Waals surface area (Å²) in [5.74, 6) is 0. The Morgan fingerprint density at radius 3 is 2.54 bits per heavy atom. The fourth-order valence-corrected chi connectivity index (χ4v) is 3.76. The molecule has 0 bridgehead atoms. The van der Waals surface area contributed by atoms with Crippen LogP contribution in [0.25, 0.3) is 11.0 Å². The van der Waals surface area contributed by atoms with Crippen LogP contribution in [0.5, 0.6) is 0 Å². The average molecular weight is 346 g/mol. The number of anilines is 1. The van der Waals surface area contributed by atoms with E-state index in [9.17, 15) is 0 Å². The van der Waals surface area contributed by atoms with Crippen LogP contribution in [0.2, 0.25) is 0 Å². The topological polar surface area (TPSA) is 33.4 Å². The molecule has 4 rings (SSSR count). The van der Waals surface area contributed by atoms with Crippen molar-refractivity contribution < 1.29 is 0 Å². The quantitative estimate of drug-likeness (QED) is 0.596. The summed E-state index contributed by atoms with van der Waals surface area (Å²) in [6, 6.07) is 15.3. The summed E-state index contributed by atoms with van der Waals surface area (Å²) in [7, 11) is 4.09. The molecule has 0 atom stereocenters. The molecule has 1 aliphatic carbocycles. The number of hydrogen-bond acceptors (Lipinski definition) is 3. The molecule has 0 amide bonds. The molecule has 0 aliphatic heterocycles. The number of imidazole rings is 1. The van der Waals surface area contributed by atoms with Crippen molar-refractivity contribution in [2.24, 2.45) is 4.99 Å². The molecule has 1 aliphatic rings. The first-order valence-corrected chi connectivity index (χ1v) is 9.49. The summed E-state index contributed by atoms with van der Waals surface area (Å²) in [4.78, 5) is 11.4. The van der Waals surface area contributed by atoms with Crippen molar-refractivity contribution in [1.82, 2.24) is 9.55 Å². The second-order valence-electron chi connectivity index (χ2n) is 7.36. The van der Waals surface area contributed by atoms with Crippen molar-refractivity contribution in [2.75, 3.05) is 19.0 Å². The van der Waals surface area contributed by atoms with Gasteiger partial charge in [0.05, 0.1) is 23.0 Å². The van der Waals surface area contributed by atoms with Gasteiger partial charge in [0.15, 0.2) is 0 Å². The van der Waals surface area contributed by atoms with Gasteiger partial charge in [0, 0.05) is 32.0 Å². The molecule has 3 aromatic rings. The van der Waals surface area contributed by atoms with Gasteiger partial charge in [-0.1, -0.05) is 31.4 Å². The number of hydrogen-bond donors (Lipinski definition) is 0. The lowest BCUT2D eigenvalue weighted by atomic mass is 9.95. The van der Waals surface area contributed by atoms with Gasteiger partial charge in [-0.3, -0.25) is 4.99 Å². The van der Waals surface area contributed by atoms with Crippen molar-refractivity contribution in [2.45, 2.75) is 38.1 Å². The first kappa shape index (κ1) is 16.8. The van der Waals surface area contributed by atoms with Crippen LogP contribution in [0.4, 0.5) is 11.4 Å². The SMILES string of the molecule is CN(C)c1ccc(C=Nc2ccc3c(c2)ncn3C2CCCCC2)cc1. The number of aliphatic imine (C=N–C) groups is 1. The number of aromatic nitrogens is 2. The molecule has 0 N–H and O–H groups in total. The van der Waals surface area contributed by atoms with Crippen LogP contribution in [-0.4, -0.2) is 29.9 Å². The summed E-state index contributed by atoms with van der Waals surface area (Å²) in [6.45, 7) is 0. The van der Waals surface area contributed by atoms with Crippen molar-refractivity contribution in [3.8, 4) is 0 Å². The Morgan fingerprint density at radius 1 is 1.04 bits per heavy atom. The van der Waals surface area contributed by atoms with Crippen LogP contribution in [0.15, 0.2) is 53.8 Å². The molecular weight excluding hydrogens is 320 g/mol. The number of nitrogens with zero attached hydrogens (tertiary/aromatic N) is 4. The Morgan fingerprint density at radius 2 is 1.81 bits per heavy atom. The third kappa shape index (κ3) is 3.50. The van der Waals surface area contributed by atoms with Gasteiger partial charge in [-0.05, 0) is 48.7 Å². The zero-order valence-corrected chi connectivity index (χ0v) is 15.6. The Bertz CT molecular complexity index is 900. The van der Waals surface area contributed by atoms with Crippen molar-refractivity contribution in [3.63, 3.8) is 0 Å². The van der Waals surface area contributed by atoms with Crippen molar-refractivity contribution in [3.05, 3.63) is 54.4 Å². The van der Waals surface area contributed by atoms with E-state index in [1.165, 1.54) is 43.3 Å². The van der Waals surface area contributed by atoms with Gasteiger partial charge in [0.2, 0.25) is 0 Å². The minimum Gasteiger partial charge on any atom is -0.378 e. The lowest BCUT2D eigenvalue weighted by Crippen LogP contribution is -2.11. The van der Waals surface area contributed by atoms with Gasteiger partial charge in [0.1, 0.15) is 0 Å². The van der Waals surface area contributed by atoms with Gasteiger partial charge < -0.3 is 9.47 Å². The zero-order valence-electron chi connectivity index (χ0n) is 15.6. The number of rotatable bonds is 4. The predicted molar refractivity (Wildman–Crippen MR) is 110 cm³/mol. The summed E-state index contributed by atoms with van der Waals surface area (Å²) in [5, 5.41) is 0. The van der Waals surface area contributed by atoms with Crippen LogP contribution >= 0.6 is 0 Å². The molecule has 2 aromatic carbocycles. The molecule has 134 valence electrons. The minimum atomic E-state index is 0.610. The Labute approximate surface area is 155 Å². The highest BCUT2D eigenvalue weighted by atomic mass is 15.1. The molecular formula is C22H26N4. The van der Waals surface area contributed by atoms with E-state index in [4.69, 9.17) is 0 Å². The maximum Gasteiger partial charge on any atom is 0.0960 e. The summed E-state index contributed by atoms with van der Waals surface area (Å²) in [6.07, 6.45) is 10.5. The second-order valence-corrected chi connectivity index (χ2v) is 7.36. The monoisotopic (exact) mass is 346 g/mol. The maximum atomic E-state index is 4.64. The molecule has 0 spiro atoms. The van der Waals surface area contributed by atoms with E-state index in [2.05, 4.69) is 61.9 Å². The second kappa shape index (κ2) is 7.32. The smallest absolute Gasteiger partial charge is 0.0960 e. The van der Waals surface area contributed by atoms with Crippen LogP contribution in [0, 0.1) is 0 Å². The highest BCUT2D eigenvalue weighted by Gasteiger charge is 2.17. The van der Waals surface area contributed by atoms with E-state index in [0.717, 1.165) is 16.8 Å². The van der Waals surface area contributed by atoms with E-state index in [1.54, 1.807) is 0 Å². The molecule has 4 heteroatoms. The molecule has 0 radical (unpaired) electrons. The molecule has 4 nitrogen and oxygen atoms in total. The van der Waals surface area contributed by atoms with Gasteiger partial charge >= 0.3 is 0 Å². The van der Waals surface area contributed by atoms with Gasteiger partial charge in [-0.25, -0.2) is 4.98 Å². The highest BCUT2D eigenvalue weighted by Crippen LogP contribution is 2.31.